The molecule has 0 aromatic heterocycles. The van der Waals surface area contributed by atoms with Crippen LogP contribution in [0.15, 0.2) is 18.2 Å². The smallest absolute Gasteiger partial charge is 0.0350 e. The minimum atomic E-state index is 0.620. The van der Waals surface area contributed by atoms with Gasteiger partial charge in [0.1, 0.15) is 0 Å². The highest BCUT2D eigenvalue weighted by atomic mass is 15.1. The van der Waals surface area contributed by atoms with E-state index in [0.29, 0.717) is 6.04 Å². The fourth-order valence-corrected chi connectivity index (χ4v) is 3.19. The van der Waals surface area contributed by atoms with Crippen LogP contribution in [-0.4, -0.2) is 18.0 Å². The molecule has 1 aromatic rings. The van der Waals surface area contributed by atoms with Crippen molar-refractivity contribution in [2.75, 3.05) is 18.8 Å². The number of nitrogen functional groups attached to an aromatic ring is 1. The summed E-state index contributed by atoms with van der Waals surface area (Å²) in [5.41, 5.74) is 9.82. The average molecular weight is 246 g/mol. The lowest BCUT2D eigenvalue weighted by molar-refractivity contribution is 0.179. The van der Waals surface area contributed by atoms with Crippen LogP contribution in [0.25, 0.3) is 0 Å². The fourth-order valence-electron chi connectivity index (χ4n) is 3.19. The summed E-state index contributed by atoms with van der Waals surface area (Å²) in [6, 6.07) is 7.12. The zero-order chi connectivity index (χ0) is 13.0. The van der Waals surface area contributed by atoms with Gasteiger partial charge in [0.05, 0.1) is 0 Å². The van der Waals surface area contributed by atoms with Gasteiger partial charge in [-0.05, 0) is 68.5 Å². The van der Waals surface area contributed by atoms with Crippen LogP contribution in [0.3, 0.4) is 0 Å². The number of aryl methyl sites for hydroxylation is 1. The SMILES string of the molecule is CCCN(CCC)C1CCCc2cc(N)ccc21. The van der Waals surface area contributed by atoms with Gasteiger partial charge >= 0.3 is 0 Å². The molecule has 0 aliphatic heterocycles. The zero-order valence-corrected chi connectivity index (χ0v) is 11.8. The van der Waals surface area contributed by atoms with E-state index in [1.54, 1.807) is 0 Å². The molecule has 1 aliphatic rings. The molecule has 1 atom stereocenters. The third-order valence-electron chi connectivity index (χ3n) is 3.91. The van der Waals surface area contributed by atoms with Crippen LogP contribution in [0.2, 0.25) is 0 Å². The van der Waals surface area contributed by atoms with Crippen LogP contribution in [0.4, 0.5) is 5.69 Å². The number of anilines is 1. The quantitative estimate of drug-likeness (QED) is 0.801. The summed E-state index contributed by atoms with van der Waals surface area (Å²) in [5, 5.41) is 0. The summed E-state index contributed by atoms with van der Waals surface area (Å²) in [5.74, 6) is 0. The molecule has 0 heterocycles. The fraction of sp³-hybridized carbons (Fsp3) is 0.625. The molecule has 18 heavy (non-hydrogen) atoms. The molecule has 0 amide bonds. The Hall–Kier alpha value is -1.02. The third-order valence-corrected chi connectivity index (χ3v) is 3.91. The van der Waals surface area contributed by atoms with Gasteiger partial charge in [-0.3, -0.25) is 4.90 Å². The van der Waals surface area contributed by atoms with Gasteiger partial charge in [-0.25, -0.2) is 0 Å². The number of hydrogen-bond donors (Lipinski definition) is 1. The Morgan fingerprint density at radius 3 is 2.61 bits per heavy atom. The molecular formula is C16H26N2. The molecule has 2 N–H and O–H groups in total. The van der Waals surface area contributed by atoms with Gasteiger partial charge in [0, 0.05) is 11.7 Å². The van der Waals surface area contributed by atoms with E-state index in [2.05, 4.69) is 36.9 Å². The van der Waals surface area contributed by atoms with Crippen molar-refractivity contribution in [1.82, 2.24) is 4.90 Å². The molecule has 0 fully saturated rings. The predicted octanol–water partition coefficient (Wildman–Crippen LogP) is 3.77. The Labute approximate surface area is 111 Å². The topological polar surface area (TPSA) is 29.3 Å². The lowest BCUT2D eigenvalue weighted by Gasteiger charge is -2.35. The number of fused-ring (bicyclic) bond motifs is 1. The minimum Gasteiger partial charge on any atom is -0.399 e. The van der Waals surface area contributed by atoms with Gasteiger partial charge in [-0.2, -0.15) is 0 Å². The minimum absolute atomic E-state index is 0.620. The van der Waals surface area contributed by atoms with Crippen molar-refractivity contribution in [3.05, 3.63) is 29.3 Å². The number of nitrogens with zero attached hydrogens (tertiary/aromatic N) is 1. The molecule has 1 aliphatic carbocycles. The number of rotatable bonds is 5. The maximum absolute atomic E-state index is 5.91. The van der Waals surface area contributed by atoms with E-state index in [1.807, 2.05) is 0 Å². The maximum atomic E-state index is 5.91. The van der Waals surface area contributed by atoms with Crippen molar-refractivity contribution in [3.8, 4) is 0 Å². The van der Waals surface area contributed by atoms with Crippen molar-refractivity contribution in [1.29, 1.82) is 0 Å². The standard InChI is InChI=1S/C16H26N2/c1-3-10-18(11-4-2)16-7-5-6-13-12-14(17)8-9-15(13)16/h8-9,12,16H,3-7,10-11,17H2,1-2H3. The van der Waals surface area contributed by atoms with Crippen LogP contribution in [0.5, 0.6) is 0 Å². The Morgan fingerprint density at radius 1 is 1.22 bits per heavy atom. The molecule has 0 radical (unpaired) electrons. The predicted molar refractivity (Wildman–Crippen MR) is 78.7 cm³/mol. The number of benzene rings is 1. The zero-order valence-electron chi connectivity index (χ0n) is 11.8. The monoisotopic (exact) mass is 246 g/mol. The number of nitrogens with two attached hydrogens (primary N) is 1. The Bertz CT molecular complexity index is 381. The Balaban J connectivity index is 2.24. The molecule has 1 aromatic carbocycles. The van der Waals surface area contributed by atoms with E-state index in [9.17, 15) is 0 Å². The highest BCUT2D eigenvalue weighted by Crippen LogP contribution is 2.35. The van der Waals surface area contributed by atoms with Gasteiger partial charge in [0.15, 0.2) is 0 Å². The van der Waals surface area contributed by atoms with Crippen LogP contribution in [-0.2, 0) is 6.42 Å². The first-order valence-electron chi connectivity index (χ1n) is 7.38. The molecule has 0 saturated carbocycles. The summed E-state index contributed by atoms with van der Waals surface area (Å²) in [4.78, 5) is 2.66. The van der Waals surface area contributed by atoms with Crippen molar-refractivity contribution in [2.24, 2.45) is 0 Å². The summed E-state index contributed by atoms with van der Waals surface area (Å²) < 4.78 is 0. The van der Waals surface area contributed by atoms with Crippen LogP contribution in [0, 0.1) is 0 Å². The summed E-state index contributed by atoms with van der Waals surface area (Å²) >= 11 is 0. The van der Waals surface area contributed by atoms with E-state index in [0.717, 1.165) is 5.69 Å². The summed E-state index contributed by atoms with van der Waals surface area (Å²) in [6.45, 7) is 6.97. The molecular weight excluding hydrogens is 220 g/mol. The Kier molecular flexibility index (Phi) is 4.65. The molecule has 0 bridgehead atoms. The Morgan fingerprint density at radius 2 is 1.94 bits per heavy atom. The largest absolute Gasteiger partial charge is 0.399 e. The van der Waals surface area contributed by atoms with Gasteiger partial charge in [0.25, 0.3) is 0 Å². The molecule has 1 unspecified atom stereocenters. The number of hydrogen-bond acceptors (Lipinski definition) is 2. The highest BCUT2D eigenvalue weighted by Gasteiger charge is 2.24. The van der Waals surface area contributed by atoms with Crippen molar-refractivity contribution in [3.63, 3.8) is 0 Å². The van der Waals surface area contributed by atoms with Crippen molar-refractivity contribution >= 4 is 5.69 Å². The van der Waals surface area contributed by atoms with E-state index in [-0.39, 0.29) is 0 Å². The average Bonchev–Trinajstić information content (AvgIpc) is 2.37. The lowest BCUT2D eigenvalue weighted by Crippen LogP contribution is -2.32. The maximum Gasteiger partial charge on any atom is 0.0350 e. The first-order valence-corrected chi connectivity index (χ1v) is 7.38. The first kappa shape index (κ1) is 13.4. The van der Waals surface area contributed by atoms with Crippen molar-refractivity contribution < 1.29 is 0 Å². The second-order valence-electron chi connectivity index (χ2n) is 5.40. The third kappa shape index (κ3) is 2.86. The van der Waals surface area contributed by atoms with E-state index in [1.165, 1.54) is 56.3 Å². The normalized spacial score (nSPS) is 18.9. The first-order chi connectivity index (χ1) is 8.76. The molecule has 0 spiro atoms. The summed E-state index contributed by atoms with van der Waals surface area (Å²) in [6.07, 6.45) is 6.27. The van der Waals surface area contributed by atoms with Gasteiger partial charge < -0.3 is 5.73 Å². The second kappa shape index (κ2) is 6.24. The summed E-state index contributed by atoms with van der Waals surface area (Å²) in [7, 11) is 0. The van der Waals surface area contributed by atoms with E-state index < -0.39 is 0 Å². The molecule has 2 heteroatoms. The molecule has 2 nitrogen and oxygen atoms in total. The lowest BCUT2D eigenvalue weighted by atomic mass is 9.86. The van der Waals surface area contributed by atoms with Crippen LogP contribution >= 0.6 is 0 Å². The second-order valence-corrected chi connectivity index (χ2v) is 5.40. The van der Waals surface area contributed by atoms with Gasteiger partial charge in [0.2, 0.25) is 0 Å². The molecule has 0 saturated heterocycles. The van der Waals surface area contributed by atoms with Gasteiger partial charge in [-0.15, -0.1) is 0 Å². The van der Waals surface area contributed by atoms with Gasteiger partial charge in [-0.1, -0.05) is 19.9 Å². The van der Waals surface area contributed by atoms with Crippen LogP contribution < -0.4 is 5.73 Å². The molecule has 100 valence electrons. The van der Waals surface area contributed by atoms with Crippen LogP contribution in [0.1, 0.15) is 56.7 Å². The van der Waals surface area contributed by atoms with Crippen molar-refractivity contribution in [2.45, 2.75) is 52.0 Å². The van der Waals surface area contributed by atoms with E-state index >= 15 is 0 Å². The highest BCUT2D eigenvalue weighted by molar-refractivity contribution is 5.46. The van der Waals surface area contributed by atoms with E-state index in [4.69, 9.17) is 5.73 Å². The molecule has 2 rings (SSSR count).